The van der Waals surface area contributed by atoms with Gasteiger partial charge < -0.3 is 9.64 Å². The Labute approximate surface area is 233 Å². The first-order chi connectivity index (χ1) is 19.5. The highest BCUT2D eigenvalue weighted by molar-refractivity contribution is 5.99. The molecule has 0 saturated carbocycles. The number of anilines is 1. The lowest BCUT2D eigenvalue weighted by atomic mass is 10.1. The van der Waals surface area contributed by atoms with E-state index in [1.807, 2.05) is 49.4 Å². The van der Waals surface area contributed by atoms with Crippen LogP contribution in [0.4, 0.5) is 10.3 Å². The van der Waals surface area contributed by atoms with Crippen molar-refractivity contribution in [2.45, 2.75) is 6.92 Å². The van der Waals surface area contributed by atoms with Gasteiger partial charge in [-0.3, -0.25) is 24.4 Å². The van der Waals surface area contributed by atoms with Crippen LogP contribution in [0.2, 0.25) is 0 Å². The molecule has 0 bridgehead atoms. The predicted octanol–water partition coefficient (Wildman–Crippen LogP) is 4.40. The molecule has 1 saturated heterocycles. The van der Waals surface area contributed by atoms with Crippen LogP contribution in [0, 0.1) is 12.7 Å². The molecule has 40 heavy (non-hydrogen) atoms. The van der Waals surface area contributed by atoms with Crippen molar-refractivity contribution in [1.29, 1.82) is 0 Å². The molecule has 206 valence electrons. The van der Waals surface area contributed by atoms with E-state index in [-0.39, 0.29) is 30.1 Å². The molecule has 1 aliphatic rings. The number of nitrogens with one attached hydrogen (secondary N) is 1. The second-order valence-corrected chi connectivity index (χ2v) is 9.76. The first-order valence-electron chi connectivity index (χ1n) is 13.3. The summed E-state index contributed by atoms with van der Waals surface area (Å²) in [5, 5.41) is 2.89. The molecule has 1 aliphatic heterocycles. The number of hydrogen-bond donors (Lipinski definition) is 1. The average Bonchev–Trinajstić information content (AvgIpc) is 3.40. The molecular weight excluding hydrogens is 509 g/mol. The average molecular weight is 542 g/mol. The summed E-state index contributed by atoms with van der Waals surface area (Å²) in [4.78, 5) is 35.3. The molecule has 0 aliphatic carbocycles. The molecule has 4 aromatic rings. The number of aromatic nitrogens is 2. The molecule has 0 radical (unpaired) electrons. The van der Waals surface area contributed by atoms with Crippen molar-refractivity contribution in [1.82, 2.24) is 19.4 Å². The van der Waals surface area contributed by atoms with Gasteiger partial charge in [0, 0.05) is 49.2 Å². The maximum atomic E-state index is 13.6. The van der Waals surface area contributed by atoms with Crippen molar-refractivity contribution < 1.29 is 18.7 Å². The second kappa shape index (κ2) is 12.7. The molecule has 1 N–H and O–H groups in total. The number of ether oxygens (including phenoxy) is 1. The Morgan fingerprint density at radius 2 is 1.68 bits per heavy atom. The monoisotopic (exact) mass is 541 g/mol. The number of rotatable bonds is 9. The van der Waals surface area contributed by atoms with Crippen LogP contribution in [0.1, 0.15) is 15.9 Å². The number of aryl methyl sites for hydroxylation is 1. The quantitative estimate of drug-likeness (QED) is 0.340. The fourth-order valence-electron chi connectivity index (χ4n) is 4.57. The first-order valence-corrected chi connectivity index (χ1v) is 13.3. The van der Waals surface area contributed by atoms with Gasteiger partial charge in [0.05, 0.1) is 18.9 Å². The Balaban J connectivity index is 1.38. The summed E-state index contributed by atoms with van der Waals surface area (Å²) in [7, 11) is 0. The number of nitrogens with zero attached hydrogens (tertiary/aromatic N) is 4. The van der Waals surface area contributed by atoms with E-state index in [1.54, 1.807) is 39.9 Å². The van der Waals surface area contributed by atoms with E-state index >= 15 is 0 Å². The van der Waals surface area contributed by atoms with Gasteiger partial charge in [-0.1, -0.05) is 48.0 Å². The lowest BCUT2D eigenvalue weighted by molar-refractivity contribution is -0.117. The van der Waals surface area contributed by atoms with Crippen LogP contribution < -0.4 is 5.32 Å². The van der Waals surface area contributed by atoms with E-state index in [0.717, 1.165) is 24.2 Å². The number of morpholine rings is 1. The van der Waals surface area contributed by atoms with Gasteiger partial charge in [-0.15, -0.1) is 0 Å². The largest absolute Gasteiger partial charge is 0.379 e. The van der Waals surface area contributed by atoms with Crippen molar-refractivity contribution in [3.8, 4) is 16.9 Å². The molecule has 2 amide bonds. The van der Waals surface area contributed by atoms with Gasteiger partial charge in [0.25, 0.3) is 5.91 Å². The summed E-state index contributed by atoms with van der Waals surface area (Å²) in [6.07, 6.45) is 1.80. The van der Waals surface area contributed by atoms with Gasteiger partial charge in [0.2, 0.25) is 11.9 Å². The maximum Gasteiger partial charge on any atom is 0.254 e. The highest BCUT2D eigenvalue weighted by Crippen LogP contribution is 2.24. The third-order valence-corrected chi connectivity index (χ3v) is 6.84. The number of carbonyl (C=O) groups excluding carboxylic acids is 2. The molecule has 9 heteroatoms. The molecule has 3 aromatic carbocycles. The number of benzene rings is 3. The Kier molecular flexibility index (Phi) is 8.63. The SMILES string of the molecule is Cc1ccc(C(=O)N(CCN2CCOCC2)CC(=O)Nc2nc(-c3ccccc3)cn2-c2ccc(F)cc2)cc1. The fourth-order valence-corrected chi connectivity index (χ4v) is 4.57. The van der Waals surface area contributed by atoms with Crippen LogP contribution in [0.5, 0.6) is 0 Å². The van der Waals surface area contributed by atoms with Crippen LogP contribution in [0.15, 0.2) is 85.1 Å². The number of amides is 2. The van der Waals surface area contributed by atoms with Gasteiger partial charge in [0.1, 0.15) is 12.4 Å². The van der Waals surface area contributed by atoms with Gasteiger partial charge in [-0.2, -0.15) is 0 Å². The normalized spacial score (nSPS) is 13.7. The summed E-state index contributed by atoms with van der Waals surface area (Å²) >= 11 is 0. The van der Waals surface area contributed by atoms with Gasteiger partial charge in [-0.05, 0) is 43.3 Å². The van der Waals surface area contributed by atoms with Crippen molar-refractivity contribution in [3.05, 3.63) is 102 Å². The summed E-state index contributed by atoms with van der Waals surface area (Å²) in [5.41, 5.74) is 3.75. The van der Waals surface area contributed by atoms with E-state index in [2.05, 4.69) is 15.2 Å². The molecule has 1 fully saturated rings. The Morgan fingerprint density at radius 1 is 0.975 bits per heavy atom. The fraction of sp³-hybridized carbons (Fsp3) is 0.258. The zero-order valence-electron chi connectivity index (χ0n) is 22.4. The molecule has 8 nitrogen and oxygen atoms in total. The summed E-state index contributed by atoms with van der Waals surface area (Å²) in [5.74, 6) is -0.666. The van der Waals surface area contributed by atoms with E-state index < -0.39 is 0 Å². The molecule has 0 spiro atoms. The van der Waals surface area contributed by atoms with Crippen LogP contribution in [0.3, 0.4) is 0 Å². The number of halogens is 1. The maximum absolute atomic E-state index is 13.6. The van der Waals surface area contributed by atoms with Crippen LogP contribution in [-0.4, -0.2) is 77.1 Å². The molecule has 1 aromatic heterocycles. The summed E-state index contributed by atoms with van der Waals surface area (Å²) < 4.78 is 20.8. The standard InChI is InChI=1S/C31H32FN5O3/c1-23-7-9-25(10-8-23)30(39)36(16-15-35-17-19-40-20-18-35)22-29(38)34-31-33-28(24-5-3-2-4-6-24)21-37(31)27-13-11-26(32)12-14-27/h2-14,21H,15-20,22H2,1H3,(H,33,34,38). The van der Waals surface area contributed by atoms with E-state index in [9.17, 15) is 14.0 Å². The third kappa shape index (κ3) is 6.80. The zero-order valence-corrected chi connectivity index (χ0v) is 22.4. The van der Waals surface area contributed by atoms with Crippen molar-refractivity contribution in [2.24, 2.45) is 0 Å². The van der Waals surface area contributed by atoms with Crippen molar-refractivity contribution in [2.75, 3.05) is 51.3 Å². The smallest absolute Gasteiger partial charge is 0.254 e. The molecule has 2 heterocycles. The lowest BCUT2D eigenvalue weighted by Crippen LogP contribution is -2.45. The molecule has 5 rings (SSSR count). The molecule has 0 atom stereocenters. The zero-order chi connectivity index (χ0) is 27.9. The van der Waals surface area contributed by atoms with E-state index in [1.165, 1.54) is 12.1 Å². The number of hydrogen-bond acceptors (Lipinski definition) is 5. The minimum Gasteiger partial charge on any atom is -0.379 e. The van der Waals surface area contributed by atoms with Gasteiger partial charge >= 0.3 is 0 Å². The van der Waals surface area contributed by atoms with Crippen LogP contribution >= 0.6 is 0 Å². The summed E-state index contributed by atoms with van der Waals surface area (Å²) in [6, 6.07) is 22.9. The minimum atomic E-state index is -0.379. The van der Waals surface area contributed by atoms with Gasteiger partial charge in [-0.25, -0.2) is 9.37 Å². The second-order valence-electron chi connectivity index (χ2n) is 9.76. The van der Waals surface area contributed by atoms with Crippen molar-refractivity contribution in [3.63, 3.8) is 0 Å². The van der Waals surface area contributed by atoms with Gasteiger partial charge in [0.15, 0.2) is 0 Å². The predicted molar refractivity (Wildman–Crippen MR) is 152 cm³/mol. The van der Waals surface area contributed by atoms with Crippen LogP contribution in [-0.2, 0) is 9.53 Å². The Hall–Kier alpha value is -4.34. The van der Waals surface area contributed by atoms with Crippen molar-refractivity contribution >= 4 is 17.8 Å². The topological polar surface area (TPSA) is 79.7 Å². The summed E-state index contributed by atoms with van der Waals surface area (Å²) in [6.45, 7) is 5.73. The highest BCUT2D eigenvalue weighted by Gasteiger charge is 2.22. The van der Waals surface area contributed by atoms with Crippen LogP contribution in [0.25, 0.3) is 16.9 Å². The highest BCUT2D eigenvalue weighted by atomic mass is 19.1. The molecular formula is C31H32FN5O3. The first kappa shape index (κ1) is 27.2. The minimum absolute atomic E-state index is 0.145. The number of carbonyl (C=O) groups is 2. The Morgan fingerprint density at radius 3 is 2.38 bits per heavy atom. The molecule has 0 unspecified atom stereocenters. The number of imidazole rings is 1. The lowest BCUT2D eigenvalue weighted by Gasteiger charge is -2.30. The van der Waals surface area contributed by atoms with E-state index in [0.29, 0.717) is 43.2 Å². The Bertz CT molecular complexity index is 1430. The third-order valence-electron chi connectivity index (χ3n) is 6.84. The van der Waals surface area contributed by atoms with E-state index in [4.69, 9.17) is 4.74 Å².